The summed E-state index contributed by atoms with van der Waals surface area (Å²) in [6.45, 7) is 3.96. The Morgan fingerprint density at radius 3 is 2.67 bits per heavy atom. The van der Waals surface area contributed by atoms with E-state index < -0.39 is 0 Å². The van der Waals surface area contributed by atoms with Crippen molar-refractivity contribution >= 4 is 23.4 Å². The molecule has 98 valence electrons. The van der Waals surface area contributed by atoms with Crippen molar-refractivity contribution in [2.75, 3.05) is 6.61 Å². The van der Waals surface area contributed by atoms with Gasteiger partial charge in [-0.1, -0.05) is 23.7 Å². The summed E-state index contributed by atoms with van der Waals surface area (Å²) < 4.78 is 4.80. The highest BCUT2D eigenvalue weighted by Gasteiger charge is 2.11. The molecule has 0 heterocycles. The van der Waals surface area contributed by atoms with Crippen LogP contribution in [0.5, 0.6) is 0 Å². The summed E-state index contributed by atoms with van der Waals surface area (Å²) in [7, 11) is 0. The first-order chi connectivity index (χ1) is 8.56. The average molecular weight is 269 g/mol. The molecule has 0 aliphatic carbocycles. The van der Waals surface area contributed by atoms with Crippen molar-refractivity contribution in [1.29, 1.82) is 0 Å². The van der Waals surface area contributed by atoms with Crippen LogP contribution in [-0.2, 0) is 9.53 Å². The summed E-state index contributed by atoms with van der Waals surface area (Å²) in [4.78, 5) is 23.1. The zero-order valence-corrected chi connectivity index (χ0v) is 11.4. The van der Waals surface area contributed by atoms with Gasteiger partial charge in [-0.3, -0.25) is 9.59 Å². The van der Waals surface area contributed by atoms with Crippen LogP contribution in [0.2, 0.25) is 5.02 Å². The molecule has 3 nitrogen and oxygen atoms in total. The lowest BCUT2D eigenvalue weighted by Crippen LogP contribution is -2.06. The summed E-state index contributed by atoms with van der Waals surface area (Å²) in [5.74, 6) is -0.243. The second-order valence-corrected chi connectivity index (χ2v) is 4.40. The molecule has 1 aromatic rings. The van der Waals surface area contributed by atoms with Crippen LogP contribution in [0, 0.1) is 6.92 Å². The van der Waals surface area contributed by atoms with E-state index >= 15 is 0 Å². The van der Waals surface area contributed by atoms with Gasteiger partial charge in [0.15, 0.2) is 5.78 Å². The van der Waals surface area contributed by atoms with Crippen molar-refractivity contribution in [3.05, 3.63) is 34.3 Å². The molecule has 0 N–H and O–H groups in total. The normalized spacial score (nSPS) is 10.2. The third kappa shape index (κ3) is 4.15. The van der Waals surface area contributed by atoms with Crippen molar-refractivity contribution in [2.45, 2.75) is 33.1 Å². The van der Waals surface area contributed by atoms with E-state index in [2.05, 4.69) is 0 Å². The van der Waals surface area contributed by atoms with E-state index in [0.717, 1.165) is 5.56 Å². The zero-order valence-electron chi connectivity index (χ0n) is 10.7. The average Bonchev–Trinajstić information content (AvgIpc) is 2.33. The largest absolute Gasteiger partial charge is 0.466 e. The van der Waals surface area contributed by atoms with Crippen molar-refractivity contribution < 1.29 is 14.3 Å². The standard InChI is InChI=1S/C14H17ClO3/c1-3-18-14(17)9-5-8-13(16)11-6-4-7-12(15)10(11)2/h4,6-7H,3,5,8-9H2,1-2H3. The van der Waals surface area contributed by atoms with Gasteiger partial charge < -0.3 is 4.74 Å². The summed E-state index contributed by atoms with van der Waals surface area (Å²) in [5, 5.41) is 0.589. The van der Waals surface area contributed by atoms with Crippen LogP contribution in [0.25, 0.3) is 0 Å². The number of hydrogen-bond donors (Lipinski definition) is 0. The van der Waals surface area contributed by atoms with E-state index in [9.17, 15) is 9.59 Å². The number of esters is 1. The van der Waals surface area contributed by atoms with Gasteiger partial charge in [-0.05, 0) is 31.9 Å². The van der Waals surface area contributed by atoms with Crippen LogP contribution < -0.4 is 0 Å². The number of carbonyl (C=O) groups excluding carboxylic acids is 2. The lowest BCUT2D eigenvalue weighted by molar-refractivity contribution is -0.143. The van der Waals surface area contributed by atoms with Gasteiger partial charge in [-0.15, -0.1) is 0 Å². The molecule has 0 bridgehead atoms. The third-order valence-electron chi connectivity index (χ3n) is 2.66. The summed E-state index contributed by atoms with van der Waals surface area (Å²) in [5.41, 5.74) is 1.42. The van der Waals surface area contributed by atoms with E-state index in [4.69, 9.17) is 16.3 Å². The number of halogens is 1. The number of carbonyl (C=O) groups is 2. The summed E-state index contributed by atoms with van der Waals surface area (Å²) >= 11 is 5.96. The van der Waals surface area contributed by atoms with Gasteiger partial charge in [0.25, 0.3) is 0 Å². The Morgan fingerprint density at radius 2 is 2.00 bits per heavy atom. The topological polar surface area (TPSA) is 43.4 Å². The highest BCUT2D eigenvalue weighted by molar-refractivity contribution is 6.31. The van der Waals surface area contributed by atoms with Crippen LogP contribution in [0.3, 0.4) is 0 Å². The molecule has 4 heteroatoms. The fraction of sp³-hybridized carbons (Fsp3) is 0.429. The van der Waals surface area contributed by atoms with E-state index in [-0.39, 0.29) is 18.2 Å². The second-order valence-electron chi connectivity index (χ2n) is 3.99. The fourth-order valence-electron chi connectivity index (χ4n) is 1.67. The molecule has 0 fully saturated rings. The lowest BCUT2D eigenvalue weighted by atomic mass is 10.0. The number of benzene rings is 1. The number of ketones is 1. The molecule has 0 aliphatic heterocycles. The maximum Gasteiger partial charge on any atom is 0.305 e. The van der Waals surface area contributed by atoms with Gasteiger partial charge in [0.1, 0.15) is 0 Å². The monoisotopic (exact) mass is 268 g/mol. The lowest BCUT2D eigenvalue weighted by Gasteiger charge is -2.06. The van der Waals surface area contributed by atoms with Crippen molar-refractivity contribution in [3.8, 4) is 0 Å². The van der Waals surface area contributed by atoms with Gasteiger partial charge >= 0.3 is 5.97 Å². The fourth-order valence-corrected chi connectivity index (χ4v) is 1.85. The Morgan fingerprint density at radius 1 is 1.28 bits per heavy atom. The predicted octanol–water partition coefficient (Wildman–Crippen LogP) is 3.56. The molecule has 0 saturated carbocycles. The number of rotatable bonds is 6. The number of Topliss-reactive ketones (excluding diaryl/α,β-unsaturated/α-hetero) is 1. The maximum atomic E-state index is 11.9. The molecular formula is C14H17ClO3. The van der Waals surface area contributed by atoms with E-state index in [1.807, 2.05) is 6.92 Å². The molecular weight excluding hydrogens is 252 g/mol. The number of ether oxygens (including phenoxy) is 1. The molecule has 0 radical (unpaired) electrons. The Balaban J connectivity index is 2.51. The first kappa shape index (κ1) is 14.7. The first-order valence-electron chi connectivity index (χ1n) is 6.00. The van der Waals surface area contributed by atoms with Crippen molar-refractivity contribution in [1.82, 2.24) is 0 Å². The molecule has 0 saturated heterocycles. The van der Waals surface area contributed by atoms with Gasteiger partial charge in [0, 0.05) is 23.4 Å². The van der Waals surface area contributed by atoms with Gasteiger partial charge in [-0.2, -0.15) is 0 Å². The zero-order chi connectivity index (χ0) is 13.5. The molecule has 1 rings (SSSR count). The quantitative estimate of drug-likeness (QED) is 0.585. The first-order valence-corrected chi connectivity index (χ1v) is 6.38. The van der Waals surface area contributed by atoms with Crippen molar-refractivity contribution in [2.24, 2.45) is 0 Å². The summed E-state index contributed by atoms with van der Waals surface area (Å²) in [6.07, 6.45) is 1.11. The Labute approximate surface area is 112 Å². The number of hydrogen-bond acceptors (Lipinski definition) is 3. The molecule has 0 unspecified atom stereocenters. The smallest absolute Gasteiger partial charge is 0.305 e. The highest BCUT2D eigenvalue weighted by Crippen LogP contribution is 2.20. The maximum absolute atomic E-state index is 11.9. The van der Waals surface area contributed by atoms with Crippen LogP contribution in [0.4, 0.5) is 0 Å². The molecule has 0 aliphatic rings. The molecule has 0 amide bonds. The van der Waals surface area contributed by atoms with Gasteiger partial charge in [0.05, 0.1) is 6.61 Å². The summed E-state index contributed by atoms with van der Waals surface area (Å²) in [6, 6.07) is 5.27. The Hall–Kier alpha value is -1.35. The van der Waals surface area contributed by atoms with Crippen molar-refractivity contribution in [3.63, 3.8) is 0 Å². The Bertz CT molecular complexity index is 441. The van der Waals surface area contributed by atoms with E-state index in [1.54, 1.807) is 25.1 Å². The molecule has 0 spiro atoms. The molecule has 0 atom stereocenters. The molecule has 18 heavy (non-hydrogen) atoms. The Kier molecular flexibility index (Phi) is 5.86. The van der Waals surface area contributed by atoms with E-state index in [0.29, 0.717) is 30.0 Å². The minimum atomic E-state index is -0.256. The predicted molar refractivity (Wildman–Crippen MR) is 71.0 cm³/mol. The van der Waals surface area contributed by atoms with E-state index in [1.165, 1.54) is 0 Å². The second kappa shape index (κ2) is 7.17. The van der Waals surface area contributed by atoms with Crippen LogP contribution in [0.15, 0.2) is 18.2 Å². The van der Waals surface area contributed by atoms with Gasteiger partial charge in [-0.25, -0.2) is 0 Å². The third-order valence-corrected chi connectivity index (χ3v) is 3.07. The van der Waals surface area contributed by atoms with Gasteiger partial charge in [0.2, 0.25) is 0 Å². The van der Waals surface area contributed by atoms with Crippen LogP contribution in [0.1, 0.15) is 42.1 Å². The molecule has 1 aromatic carbocycles. The highest BCUT2D eigenvalue weighted by atomic mass is 35.5. The van der Waals surface area contributed by atoms with Crippen LogP contribution in [-0.4, -0.2) is 18.4 Å². The van der Waals surface area contributed by atoms with Crippen LogP contribution >= 0.6 is 11.6 Å². The minimum absolute atomic E-state index is 0.0132. The SMILES string of the molecule is CCOC(=O)CCCC(=O)c1cccc(Cl)c1C. The minimum Gasteiger partial charge on any atom is -0.466 e. The molecule has 0 aromatic heterocycles.